The lowest BCUT2D eigenvalue weighted by atomic mass is 9.87. The topological polar surface area (TPSA) is 75.3 Å². The molecular formula is C21H25BrN2O3S. The Hall–Kier alpha value is -1.70. The number of fused-ring (bicyclic) bond motifs is 1. The van der Waals surface area contributed by atoms with Crippen molar-refractivity contribution in [3.8, 4) is 0 Å². The Labute approximate surface area is 175 Å². The first-order valence-electron chi connectivity index (χ1n) is 9.29. The number of halogens is 1. The van der Waals surface area contributed by atoms with Crippen LogP contribution in [0.3, 0.4) is 0 Å². The summed E-state index contributed by atoms with van der Waals surface area (Å²) in [4.78, 5) is 13.0. The van der Waals surface area contributed by atoms with E-state index >= 15 is 0 Å². The molecule has 0 heterocycles. The number of hydrogen-bond acceptors (Lipinski definition) is 3. The van der Waals surface area contributed by atoms with Crippen molar-refractivity contribution >= 4 is 31.9 Å². The van der Waals surface area contributed by atoms with Gasteiger partial charge < -0.3 is 5.32 Å². The summed E-state index contributed by atoms with van der Waals surface area (Å²) in [6.07, 6.45) is 2.88. The number of aryl methyl sites for hydroxylation is 1. The van der Waals surface area contributed by atoms with Crippen LogP contribution in [0.15, 0.2) is 51.8 Å². The first kappa shape index (κ1) is 21.0. The zero-order chi connectivity index (χ0) is 20.5. The van der Waals surface area contributed by atoms with Crippen molar-refractivity contribution in [3.05, 3.63) is 63.6 Å². The zero-order valence-corrected chi connectivity index (χ0v) is 18.7. The molecule has 1 unspecified atom stereocenters. The normalized spacial score (nSPS) is 17.1. The van der Waals surface area contributed by atoms with Crippen LogP contribution in [-0.4, -0.2) is 19.9 Å². The first-order chi connectivity index (χ1) is 13.1. The minimum Gasteiger partial charge on any atom is -0.345 e. The highest BCUT2D eigenvalue weighted by molar-refractivity contribution is 9.10. The van der Waals surface area contributed by atoms with Gasteiger partial charge in [-0.1, -0.05) is 24.3 Å². The minimum atomic E-state index is -3.72. The van der Waals surface area contributed by atoms with Gasteiger partial charge in [-0.2, -0.15) is 0 Å². The van der Waals surface area contributed by atoms with E-state index in [2.05, 4.69) is 32.0 Å². The minimum absolute atomic E-state index is 0.0693. The van der Waals surface area contributed by atoms with Crippen LogP contribution >= 0.6 is 15.9 Å². The molecule has 1 atom stereocenters. The Bertz CT molecular complexity index is 997. The van der Waals surface area contributed by atoms with Crippen molar-refractivity contribution in [2.24, 2.45) is 0 Å². The molecule has 0 spiro atoms. The van der Waals surface area contributed by atoms with Gasteiger partial charge in [0.1, 0.15) is 0 Å². The molecule has 2 aromatic rings. The van der Waals surface area contributed by atoms with Gasteiger partial charge in [0.15, 0.2) is 0 Å². The largest absolute Gasteiger partial charge is 0.345 e. The average Bonchev–Trinajstić information content (AvgIpc) is 2.60. The summed E-state index contributed by atoms with van der Waals surface area (Å²) >= 11 is 3.38. The Morgan fingerprint density at radius 3 is 2.57 bits per heavy atom. The number of benzene rings is 2. The third-order valence-corrected chi connectivity index (χ3v) is 7.06. The quantitative estimate of drug-likeness (QED) is 0.706. The van der Waals surface area contributed by atoms with Gasteiger partial charge in [0.05, 0.1) is 16.5 Å². The SMILES string of the molecule is CC(C)(C)NS(=O)(=O)c1ccc(Br)c(C(=O)NC2CCCc3ccccc32)c1. The summed E-state index contributed by atoms with van der Waals surface area (Å²) in [7, 11) is -3.72. The van der Waals surface area contributed by atoms with E-state index in [4.69, 9.17) is 0 Å². The number of carbonyl (C=O) groups excluding carboxylic acids is 1. The van der Waals surface area contributed by atoms with Gasteiger partial charge in [-0.3, -0.25) is 4.79 Å². The van der Waals surface area contributed by atoms with Gasteiger partial charge in [0, 0.05) is 10.0 Å². The fourth-order valence-electron chi connectivity index (χ4n) is 3.45. The highest BCUT2D eigenvalue weighted by Gasteiger charge is 2.26. The lowest BCUT2D eigenvalue weighted by Gasteiger charge is -2.26. The van der Waals surface area contributed by atoms with Crippen LogP contribution in [0.1, 0.15) is 61.1 Å². The Balaban J connectivity index is 1.87. The lowest BCUT2D eigenvalue weighted by molar-refractivity contribution is 0.0931. The summed E-state index contributed by atoms with van der Waals surface area (Å²) in [5, 5.41) is 3.07. The van der Waals surface area contributed by atoms with E-state index < -0.39 is 15.6 Å². The fraction of sp³-hybridized carbons (Fsp3) is 0.381. The maximum atomic E-state index is 13.0. The van der Waals surface area contributed by atoms with E-state index in [1.807, 2.05) is 18.2 Å². The molecule has 2 N–H and O–H groups in total. The molecule has 0 fully saturated rings. The molecule has 0 saturated carbocycles. The predicted octanol–water partition coefficient (Wildman–Crippen LogP) is 4.33. The number of nitrogens with one attached hydrogen (secondary N) is 2. The third kappa shape index (κ3) is 4.82. The van der Waals surface area contributed by atoms with E-state index in [1.54, 1.807) is 26.8 Å². The fourth-order valence-corrected chi connectivity index (χ4v) is 5.32. The van der Waals surface area contributed by atoms with Crippen molar-refractivity contribution in [2.75, 3.05) is 0 Å². The van der Waals surface area contributed by atoms with Crippen LogP contribution in [0.5, 0.6) is 0 Å². The summed E-state index contributed by atoms with van der Waals surface area (Å²) in [5.74, 6) is -0.290. The van der Waals surface area contributed by atoms with Crippen LogP contribution < -0.4 is 10.0 Å². The van der Waals surface area contributed by atoms with Crippen LogP contribution in [0.4, 0.5) is 0 Å². The maximum absolute atomic E-state index is 13.0. The van der Waals surface area contributed by atoms with Crippen molar-refractivity contribution < 1.29 is 13.2 Å². The van der Waals surface area contributed by atoms with Crippen LogP contribution in [-0.2, 0) is 16.4 Å². The molecule has 5 nitrogen and oxygen atoms in total. The summed E-state index contributed by atoms with van der Waals surface area (Å²) in [6.45, 7) is 5.33. The Morgan fingerprint density at radius 1 is 1.14 bits per heavy atom. The van der Waals surface area contributed by atoms with E-state index in [-0.39, 0.29) is 16.8 Å². The van der Waals surface area contributed by atoms with Gasteiger partial charge in [-0.05, 0) is 85.3 Å². The summed E-state index contributed by atoms with van der Waals surface area (Å²) in [6, 6.07) is 12.6. The molecule has 28 heavy (non-hydrogen) atoms. The second kappa shape index (κ2) is 7.97. The molecule has 0 saturated heterocycles. The van der Waals surface area contributed by atoms with Crippen LogP contribution in [0, 0.1) is 0 Å². The highest BCUT2D eigenvalue weighted by atomic mass is 79.9. The number of rotatable bonds is 4. The molecule has 0 aliphatic heterocycles. The van der Waals surface area contributed by atoms with Gasteiger partial charge in [0.25, 0.3) is 5.91 Å². The molecule has 7 heteroatoms. The maximum Gasteiger partial charge on any atom is 0.252 e. The third-order valence-electron chi connectivity index (χ3n) is 4.61. The Kier molecular flexibility index (Phi) is 5.98. The second-order valence-corrected chi connectivity index (χ2v) is 10.7. The zero-order valence-electron chi connectivity index (χ0n) is 16.3. The number of amides is 1. The van der Waals surface area contributed by atoms with Crippen LogP contribution in [0.2, 0.25) is 0 Å². The molecule has 3 rings (SSSR count). The van der Waals surface area contributed by atoms with E-state index in [9.17, 15) is 13.2 Å². The molecule has 150 valence electrons. The van der Waals surface area contributed by atoms with E-state index in [0.717, 1.165) is 24.8 Å². The van der Waals surface area contributed by atoms with Crippen molar-refractivity contribution in [1.29, 1.82) is 0 Å². The smallest absolute Gasteiger partial charge is 0.252 e. The van der Waals surface area contributed by atoms with Crippen molar-refractivity contribution in [1.82, 2.24) is 10.0 Å². The van der Waals surface area contributed by atoms with Crippen molar-refractivity contribution in [3.63, 3.8) is 0 Å². The standard InChI is InChI=1S/C21H25BrN2O3S/c1-21(2,3)24-28(26,27)15-11-12-18(22)17(13-15)20(25)23-19-10-6-8-14-7-4-5-9-16(14)19/h4-5,7,9,11-13,19,24H,6,8,10H2,1-3H3,(H,23,25). The average molecular weight is 465 g/mol. The number of hydrogen-bond donors (Lipinski definition) is 2. The molecule has 1 aliphatic rings. The molecular weight excluding hydrogens is 440 g/mol. The highest BCUT2D eigenvalue weighted by Crippen LogP contribution is 2.30. The van der Waals surface area contributed by atoms with Gasteiger partial charge in [0.2, 0.25) is 10.0 Å². The predicted molar refractivity (Wildman–Crippen MR) is 114 cm³/mol. The molecule has 1 amide bonds. The number of carbonyl (C=O) groups is 1. The second-order valence-electron chi connectivity index (χ2n) is 8.11. The van der Waals surface area contributed by atoms with E-state index in [0.29, 0.717) is 10.0 Å². The van der Waals surface area contributed by atoms with Crippen molar-refractivity contribution in [2.45, 2.75) is 56.5 Å². The monoisotopic (exact) mass is 464 g/mol. The molecule has 0 radical (unpaired) electrons. The molecule has 2 aromatic carbocycles. The lowest BCUT2D eigenvalue weighted by Crippen LogP contribution is -2.40. The van der Waals surface area contributed by atoms with E-state index in [1.165, 1.54) is 17.7 Å². The summed E-state index contributed by atoms with van der Waals surface area (Å²) < 4.78 is 28.4. The summed E-state index contributed by atoms with van der Waals surface area (Å²) in [5.41, 5.74) is 2.08. The van der Waals surface area contributed by atoms with Crippen LogP contribution in [0.25, 0.3) is 0 Å². The molecule has 0 bridgehead atoms. The van der Waals surface area contributed by atoms with Gasteiger partial charge >= 0.3 is 0 Å². The van der Waals surface area contributed by atoms with Gasteiger partial charge in [-0.15, -0.1) is 0 Å². The number of sulfonamides is 1. The Morgan fingerprint density at radius 2 is 1.86 bits per heavy atom. The van der Waals surface area contributed by atoms with Gasteiger partial charge in [-0.25, -0.2) is 13.1 Å². The molecule has 0 aromatic heterocycles. The first-order valence-corrected chi connectivity index (χ1v) is 11.6. The molecule has 1 aliphatic carbocycles.